The van der Waals surface area contributed by atoms with Crippen LogP contribution in [-0.2, 0) is 0 Å². The van der Waals surface area contributed by atoms with Crippen molar-refractivity contribution < 1.29 is 0 Å². The molecule has 2 heterocycles. The number of amidine groups is 1. The molecule has 1 fully saturated rings. The van der Waals surface area contributed by atoms with Crippen molar-refractivity contribution in [2.24, 2.45) is 4.99 Å². The Kier molecular flexibility index (Phi) is 4.38. The van der Waals surface area contributed by atoms with Gasteiger partial charge < -0.3 is 4.90 Å². The Labute approximate surface area is 142 Å². The highest BCUT2D eigenvalue weighted by atomic mass is 32.2. The van der Waals surface area contributed by atoms with Crippen molar-refractivity contribution in [3.63, 3.8) is 0 Å². The maximum absolute atomic E-state index is 5.03. The van der Waals surface area contributed by atoms with E-state index in [2.05, 4.69) is 59.5 Å². The lowest BCUT2D eigenvalue weighted by Gasteiger charge is -2.26. The predicted octanol–water partition coefficient (Wildman–Crippen LogP) is 5.44. The number of likely N-dealkylation sites (tertiary alicyclic amines) is 1. The molecule has 1 atom stereocenters. The van der Waals surface area contributed by atoms with Gasteiger partial charge in [-0.05, 0) is 37.0 Å². The summed E-state index contributed by atoms with van der Waals surface area (Å²) in [5.41, 5.74) is 2.56. The first-order valence-electron chi connectivity index (χ1n) is 8.53. The van der Waals surface area contributed by atoms with Crippen molar-refractivity contribution in [1.82, 2.24) is 4.90 Å². The lowest BCUT2D eigenvalue weighted by Crippen LogP contribution is -2.28. The van der Waals surface area contributed by atoms with Gasteiger partial charge in [0.05, 0.1) is 5.69 Å². The van der Waals surface area contributed by atoms with E-state index >= 15 is 0 Å². The van der Waals surface area contributed by atoms with Crippen LogP contribution in [0.2, 0.25) is 0 Å². The van der Waals surface area contributed by atoms with Crippen LogP contribution < -0.4 is 0 Å². The second kappa shape index (κ2) is 6.79. The maximum atomic E-state index is 5.03. The Morgan fingerprint density at radius 3 is 2.48 bits per heavy atom. The van der Waals surface area contributed by atoms with Crippen LogP contribution >= 0.6 is 11.8 Å². The highest BCUT2D eigenvalue weighted by molar-refractivity contribution is 7.99. The Morgan fingerprint density at radius 1 is 0.913 bits per heavy atom. The lowest BCUT2D eigenvalue weighted by molar-refractivity contribution is 0.502. The van der Waals surface area contributed by atoms with E-state index in [1.165, 1.54) is 42.2 Å². The molecule has 1 saturated heterocycles. The average molecular weight is 322 g/mol. The van der Waals surface area contributed by atoms with Gasteiger partial charge >= 0.3 is 0 Å². The van der Waals surface area contributed by atoms with Gasteiger partial charge in [-0.1, -0.05) is 42.5 Å². The third kappa shape index (κ3) is 3.30. The van der Waals surface area contributed by atoms with Gasteiger partial charge in [-0.25, -0.2) is 4.99 Å². The van der Waals surface area contributed by atoms with Crippen molar-refractivity contribution in [2.45, 2.75) is 35.8 Å². The zero-order valence-corrected chi connectivity index (χ0v) is 14.1. The zero-order chi connectivity index (χ0) is 15.5. The largest absolute Gasteiger partial charge is 0.360 e. The van der Waals surface area contributed by atoms with Gasteiger partial charge in [0.15, 0.2) is 0 Å². The highest BCUT2D eigenvalue weighted by Crippen LogP contribution is 2.44. The van der Waals surface area contributed by atoms with Gasteiger partial charge in [-0.2, -0.15) is 0 Å². The van der Waals surface area contributed by atoms with Crippen LogP contribution in [-0.4, -0.2) is 23.8 Å². The molecule has 2 aliphatic heterocycles. The molecule has 0 radical (unpaired) electrons. The number of thioether (sulfide) groups is 1. The molecule has 0 N–H and O–H groups in total. The number of hydrogen-bond donors (Lipinski definition) is 0. The van der Waals surface area contributed by atoms with Gasteiger partial charge in [-0.15, -0.1) is 11.8 Å². The number of aliphatic imine (C=N–C) groups is 1. The number of hydrogen-bond acceptors (Lipinski definition) is 3. The van der Waals surface area contributed by atoms with Crippen LogP contribution in [0.1, 0.15) is 36.5 Å². The number of para-hydroxylation sites is 1. The summed E-state index contributed by atoms with van der Waals surface area (Å²) in [5.74, 6) is 1.29. The molecule has 2 aromatic rings. The Hall–Kier alpha value is -1.74. The summed E-state index contributed by atoms with van der Waals surface area (Å²) in [4.78, 5) is 8.83. The molecule has 2 aliphatic rings. The van der Waals surface area contributed by atoms with Crippen LogP contribution in [0, 0.1) is 0 Å². The number of rotatable bonds is 1. The Morgan fingerprint density at radius 2 is 1.65 bits per heavy atom. The molecule has 3 heteroatoms. The molecule has 2 aromatic carbocycles. The smallest absolute Gasteiger partial charge is 0.105 e. The monoisotopic (exact) mass is 322 g/mol. The second-order valence-corrected chi connectivity index (χ2v) is 7.49. The number of fused-ring (bicyclic) bond motifs is 1. The summed E-state index contributed by atoms with van der Waals surface area (Å²) in [6, 6.07) is 19.5. The quantitative estimate of drug-likeness (QED) is 0.695. The lowest BCUT2D eigenvalue weighted by atomic mass is 10.1. The third-order valence-corrected chi connectivity index (χ3v) is 6.05. The van der Waals surface area contributed by atoms with Crippen LogP contribution in [0.4, 0.5) is 5.69 Å². The van der Waals surface area contributed by atoms with Gasteiger partial charge in [0.2, 0.25) is 0 Å². The molecule has 1 unspecified atom stereocenters. The van der Waals surface area contributed by atoms with Crippen molar-refractivity contribution in [2.75, 3.05) is 13.1 Å². The minimum Gasteiger partial charge on any atom is -0.360 e. The summed E-state index contributed by atoms with van der Waals surface area (Å²) >= 11 is 1.96. The summed E-state index contributed by atoms with van der Waals surface area (Å²) in [6.45, 7) is 2.34. The fourth-order valence-electron chi connectivity index (χ4n) is 3.42. The van der Waals surface area contributed by atoms with Gasteiger partial charge in [0.25, 0.3) is 0 Å². The molecule has 118 valence electrons. The standard InChI is InChI=1S/C20H22N2S/c1-2-8-16(9-3-1)18-12-13-20(22-14-6-7-15-22)21-17-10-4-5-11-19(17)23-18/h1-5,8-11,18H,6-7,12-15H2. The normalized spacial score (nSPS) is 21.3. The number of benzene rings is 2. The molecular weight excluding hydrogens is 300 g/mol. The SMILES string of the molecule is c1ccc(C2CCC(N3CCCC3)=Nc3ccccc3S2)cc1. The molecule has 23 heavy (non-hydrogen) atoms. The summed E-state index contributed by atoms with van der Waals surface area (Å²) in [6.07, 6.45) is 4.83. The van der Waals surface area contributed by atoms with Crippen LogP contribution in [0.3, 0.4) is 0 Å². The summed E-state index contributed by atoms with van der Waals surface area (Å²) in [5, 5.41) is 0.505. The van der Waals surface area contributed by atoms with Gasteiger partial charge in [0, 0.05) is 29.7 Å². The first-order valence-corrected chi connectivity index (χ1v) is 9.41. The summed E-state index contributed by atoms with van der Waals surface area (Å²) < 4.78 is 0. The van der Waals surface area contributed by atoms with E-state index in [0.717, 1.165) is 18.5 Å². The molecule has 0 aromatic heterocycles. The fraction of sp³-hybridized carbons (Fsp3) is 0.350. The summed E-state index contributed by atoms with van der Waals surface area (Å²) in [7, 11) is 0. The van der Waals surface area contributed by atoms with Crippen molar-refractivity contribution in [3.8, 4) is 0 Å². The molecule has 2 nitrogen and oxygen atoms in total. The fourth-order valence-corrected chi connectivity index (χ4v) is 4.65. The predicted molar refractivity (Wildman–Crippen MR) is 98.6 cm³/mol. The van der Waals surface area contributed by atoms with Crippen LogP contribution in [0.25, 0.3) is 0 Å². The van der Waals surface area contributed by atoms with E-state index in [1.807, 2.05) is 11.8 Å². The topological polar surface area (TPSA) is 15.6 Å². The van der Waals surface area contributed by atoms with Crippen LogP contribution in [0.15, 0.2) is 64.5 Å². The Balaban J connectivity index is 1.69. The first kappa shape index (κ1) is 14.8. The molecule has 4 rings (SSSR count). The van der Waals surface area contributed by atoms with E-state index in [0.29, 0.717) is 5.25 Å². The molecule has 0 spiro atoms. The molecule has 0 saturated carbocycles. The zero-order valence-electron chi connectivity index (χ0n) is 13.3. The second-order valence-electron chi connectivity index (χ2n) is 6.25. The highest BCUT2D eigenvalue weighted by Gasteiger charge is 2.23. The molecular formula is C20H22N2S. The average Bonchev–Trinajstić information content (AvgIpc) is 3.11. The number of nitrogens with zero attached hydrogens (tertiary/aromatic N) is 2. The van der Waals surface area contributed by atoms with E-state index in [9.17, 15) is 0 Å². The molecule has 0 amide bonds. The van der Waals surface area contributed by atoms with E-state index in [4.69, 9.17) is 4.99 Å². The van der Waals surface area contributed by atoms with E-state index in [1.54, 1.807) is 0 Å². The molecule has 0 bridgehead atoms. The minimum atomic E-state index is 0.505. The minimum absolute atomic E-state index is 0.505. The van der Waals surface area contributed by atoms with E-state index in [-0.39, 0.29) is 0 Å². The van der Waals surface area contributed by atoms with Gasteiger partial charge in [-0.3, -0.25) is 0 Å². The maximum Gasteiger partial charge on any atom is 0.105 e. The van der Waals surface area contributed by atoms with Crippen molar-refractivity contribution in [1.29, 1.82) is 0 Å². The van der Waals surface area contributed by atoms with E-state index < -0.39 is 0 Å². The first-order chi connectivity index (χ1) is 11.4. The van der Waals surface area contributed by atoms with Gasteiger partial charge in [0.1, 0.15) is 5.84 Å². The third-order valence-electron chi connectivity index (χ3n) is 4.66. The Bertz CT molecular complexity index is 690. The van der Waals surface area contributed by atoms with Crippen LogP contribution in [0.5, 0.6) is 0 Å². The molecule has 0 aliphatic carbocycles. The van der Waals surface area contributed by atoms with Crippen molar-refractivity contribution >= 4 is 23.3 Å². The van der Waals surface area contributed by atoms with Crippen molar-refractivity contribution in [3.05, 3.63) is 60.2 Å².